The Morgan fingerprint density at radius 2 is 2.14 bits per heavy atom. The predicted octanol–water partition coefficient (Wildman–Crippen LogP) is 2.10. The summed E-state index contributed by atoms with van der Waals surface area (Å²) in [6.45, 7) is 3.75. The number of rotatable bonds is 5. The smallest absolute Gasteiger partial charge is 0.244 e. The van der Waals surface area contributed by atoms with Gasteiger partial charge in [0.05, 0.1) is 13.2 Å². The van der Waals surface area contributed by atoms with Crippen molar-refractivity contribution in [2.45, 2.75) is 19.9 Å². The van der Waals surface area contributed by atoms with Crippen LogP contribution >= 0.6 is 0 Å². The second-order valence-electron chi connectivity index (χ2n) is 5.06. The van der Waals surface area contributed by atoms with E-state index in [-0.39, 0.29) is 11.9 Å². The van der Waals surface area contributed by atoms with Crippen molar-refractivity contribution in [3.05, 3.63) is 48.1 Å². The maximum Gasteiger partial charge on any atom is 0.244 e. The summed E-state index contributed by atoms with van der Waals surface area (Å²) in [6.07, 6.45) is 3.17. The van der Waals surface area contributed by atoms with E-state index in [1.165, 1.54) is 0 Å². The van der Waals surface area contributed by atoms with E-state index in [1.54, 1.807) is 24.1 Å². The molecule has 2 rings (SSSR count). The Morgan fingerprint density at radius 1 is 1.41 bits per heavy atom. The van der Waals surface area contributed by atoms with E-state index in [1.807, 2.05) is 45.2 Å². The van der Waals surface area contributed by atoms with Crippen LogP contribution in [0.2, 0.25) is 0 Å². The topological polar surface area (TPSA) is 69.0 Å². The highest BCUT2D eigenvalue weighted by molar-refractivity contribution is 5.95. The van der Waals surface area contributed by atoms with Crippen LogP contribution in [0.25, 0.3) is 5.57 Å². The van der Waals surface area contributed by atoms with E-state index in [4.69, 9.17) is 4.74 Å². The summed E-state index contributed by atoms with van der Waals surface area (Å²) in [4.78, 5) is 12.2. The monoisotopic (exact) mass is 300 g/mol. The molecule has 1 N–H and O–H groups in total. The molecular formula is C16H20N4O2. The summed E-state index contributed by atoms with van der Waals surface area (Å²) in [6, 6.07) is 7.37. The van der Waals surface area contributed by atoms with E-state index in [2.05, 4.69) is 15.5 Å². The molecule has 6 heteroatoms. The zero-order valence-corrected chi connectivity index (χ0v) is 13.2. The minimum Gasteiger partial charge on any atom is -0.496 e. The second kappa shape index (κ2) is 6.89. The van der Waals surface area contributed by atoms with E-state index in [0.29, 0.717) is 5.82 Å². The van der Waals surface area contributed by atoms with Crippen molar-refractivity contribution >= 4 is 11.5 Å². The first-order valence-electron chi connectivity index (χ1n) is 6.99. The van der Waals surface area contributed by atoms with Crippen LogP contribution in [-0.4, -0.2) is 27.8 Å². The van der Waals surface area contributed by atoms with Crippen LogP contribution in [0, 0.1) is 0 Å². The predicted molar refractivity (Wildman–Crippen MR) is 84.2 cm³/mol. The molecule has 1 heterocycles. The molecular weight excluding hydrogens is 280 g/mol. The molecule has 2 aromatic rings. The molecule has 6 nitrogen and oxygen atoms in total. The van der Waals surface area contributed by atoms with Gasteiger partial charge in [0.1, 0.15) is 12.1 Å². The zero-order valence-electron chi connectivity index (χ0n) is 13.2. The van der Waals surface area contributed by atoms with Crippen molar-refractivity contribution in [2.24, 2.45) is 7.05 Å². The van der Waals surface area contributed by atoms with Gasteiger partial charge in [0.15, 0.2) is 5.82 Å². The number of aryl methyl sites for hydroxylation is 1. The second-order valence-corrected chi connectivity index (χ2v) is 5.06. The molecule has 0 bridgehead atoms. The average molecular weight is 300 g/mol. The molecule has 1 unspecified atom stereocenters. The molecule has 0 spiro atoms. The van der Waals surface area contributed by atoms with Crippen LogP contribution in [0.1, 0.15) is 31.3 Å². The number of hydrogen-bond donors (Lipinski definition) is 1. The number of ether oxygens (including phenoxy) is 1. The molecule has 0 fully saturated rings. The number of nitrogens with zero attached hydrogens (tertiary/aromatic N) is 3. The van der Waals surface area contributed by atoms with Crippen LogP contribution in [0.15, 0.2) is 36.7 Å². The van der Waals surface area contributed by atoms with Crippen molar-refractivity contribution in [3.8, 4) is 5.75 Å². The SMILES string of the molecule is COc1ccccc1/C(C)=C/C(=O)NC(C)c1nncn1C. The lowest BCUT2D eigenvalue weighted by Gasteiger charge is -2.12. The summed E-state index contributed by atoms with van der Waals surface area (Å²) in [7, 11) is 3.45. The highest BCUT2D eigenvalue weighted by Crippen LogP contribution is 2.25. The fraction of sp³-hybridized carbons (Fsp3) is 0.312. The van der Waals surface area contributed by atoms with E-state index in [9.17, 15) is 4.79 Å². The Morgan fingerprint density at radius 3 is 2.77 bits per heavy atom. The molecule has 1 aromatic heterocycles. The number of carbonyl (C=O) groups excluding carboxylic acids is 1. The highest BCUT2D eigenvalue weighted by Gasteiger charge is 2.13. The van der Waals surface area contributed by atoms with Gasteiger partial charge in [-0.2, -0.15) is 0 Å². The quantitative estimate of drug-likeness (QED) is 0.859. The van der Waals surface area contributed by atoms with E-state index in [0.717, 1.165) is 16.9 Å². The molecule has 116 valence electrons. The number of carbonyl (C=O) groups is 1. The Bertz CT molecular complexity index is 691. The summed E-state index contributed by atoms with van der Waals surface area (Å²) >= 11 is 0. The fourth-order valence-corrected chi connectivity index (χ4v) is 2.25. The van der Waals surface area contributed by atoms with Gasteiger partial charge >= 0.3 is 0 Å². The number of amides is 1. The largest absolute Gasteiger partial charge is 0.496 e. The van der Waals surface area contributed by atoms with Crippen LogP contribution in [-0.2, 0) is 11.8 Å². The Labute approximate surface area is 129 Å². The lowest BCUT2D eigenvalue weighted by atomic mass is 10.1. The van der Waals surface area contributed by atoms with Gasteiger partial charge in [-0.05, 0) is 25.5 Å². The molecule has 1 atom stereocenters. The first-order chi connectivity index (χ1) is 10.5. The third-order valence-electron chi connectivity index (χ3n) is 3.37. The molecule has 0 aliphatic rings. The third-order valence-corrected chi connectivity index (χ3v) is 3.37. The van der Waals surface area contributed by atoms with Crippen LogP contribution in [0.4, 0.5) is 0 Å². The highest BCUT2D eigenvalue weighted by atomic mass is 16.5. The van der Waals surface area contributed by atoms with Gasteiger partial charge in [-0.15, -0.1) is 10.2 Å². The Kier molecular flexibility index (Phi) is 4.93. The van der Waals surface area contributed by atoms with E-state index >= 15 is 0 Å². The molecule has 1 aromatic carbocycles. The zero-order chi connectivity index (χ0) is 16.1. The fourth-order valence-electron chi connectivity index (χ4n) is 2.25. The average Bonchev–Trinajstić information content (AvgIpc) is 2.93. The van der Waals surface area contributed by atoms with Gasteiger partial charge in [0.25, 0.3) is 0 Å². The lowest BCUT2D eigenvalue weighted by molar-refractivity contribution is -0.117. The molecule has 0 aliphatic carbocycles. The molecule has 0 radical (unpaired) electrons. The molecule has 1 amide bonds. The molecule has 0 aliphatic heterocycles. The van der Waals surface area contributed by atoms with Crippen LogP contribution in [0.5, 0.6) is 5.75 Å². The van der Waals surface area contributed by atoms with Crippen LogP contribution < -0.4 is 10.1 Å². The number of para-hydroxylation sites is 1. The summed E-state index contributed by atoms with van der Waals surface area (Å²) in [5, 5.41) is 10.7. The number of allylic oxidation sites excluding steroid dienone is 1. The van der Waals surface area contributed by atoms with E-state index < -0.39 is 0 Å². The molecule has 22 heavy (non-hydrogen) atoms. The first-order valence-corrected chi connectivity index (χ1v) is 6.99. The number of hydrogen-bond acceptors (Lipinski definition) is 4. The van der Waals surface area contributed by atoms with Gasteiger partial charge in [-0.1, -0.05) is 18.2 Å². The van der Waals surface area contributed by atoms with Crippen molar-refractivity contribution in [3.63, 3.8) is 0 Å². The first kappa shape index (κ1) is 15.8. The van der Waals surface area contributed by atoms with Crippen molar-refractivity contribution in [1.29, 1.82) is 0 Å². The van der Waals surface area contributed by atoms with Crippen molar-refractivity contribution in [2.75, 3.05) is 7.11 Å². The Balaban J connectivity index is 2.11. The molecule has 0 saturated carbocycles. The number of aromatic nitrogens is 3. The lowest BCUT2D eigenvalue weighted by Crippen LogP contribution is -2.27. The summed E-state index contributed by atoms with van der Waals surface area (Å²) < 4.78 is 7.09. The summed E-state index contributed by atoms with van der Waals surface area (Å²) in [5.74, 6) is 1.26. The minimum atomic E-state index is -0.221. The number of nitrogens with one attached hydrogen (secondary N) is 1. The van der Waals surface area contributed by atoms with Gasteiger partial charge in [0, 0.05) is 18.7 Å². The maximum atomic E-state index is 12.2. The van der Waals surface area contributed by atoms with Crippen LogP contribution in [0.3, 0.4) is 0 Å². The van der Waals surface area contributed by atoms with Crippen molar-refractivity contribution in [1.82, 2.24) is 20.1 Å². The van der Waals surface area contributed by atoms with Gasteiger partial charge < -0.3 is 14.6 Å². The third kappa shape index (κ3) is 3.52. The maximum absolute atomic E-state index is 12.2. The van der Waals surface area contributed by atoms with Gasteiger partial charge in [0.2, 0.25) is 5.91 Å². The van der Waals surface area contributed by atoms with Crippen molar-refractivity contribution < 1.29 is 9.53 Å². The normalized spacial score (nSPS) is 12.8. The van der Waals surface area contributed by atoms with Gasteiger partial charge in [-0.3, -0.25) is 4.79 Å². The standard InChI is InChI=1S/C16H20N4O2/c1-11(13-7-5-6-8-14(13)22-4)9-15(21)18-12(2)16-19-17-10-20(16)3/h5-10,12H,1-4H3,(H,18,21)/b11-9+. The summed E-state index contributed by atoms with van der Waals surface area (Å²) in [5.41, 5.74) is 1.73. The minimum absolute atomic E-state index is 0.182. The van der Waals surface area contributed by atoms with Gasteiger partial charge in [-0.25, -0.2) is 0 Å². The number of methoxy groups -OCH3 is 1. The number of benzene rings is 1. The Hall–Kier alpha value is -2.63. The molecule has 0 saturated heterocycles.